The van der Waals surface area contributed by atoms with Crippen molar-refractivity contribution in [3.05, 3.63) is 50.3 Å². The molecule has 0 radical (unpaired) electrons. The molecular formula is C11H8BrIN2O. The zero-order chi connectivity index (χ0) is 11.5. The van der Waals surface area contributed by atoms with Gasteiger partial charge in [0.15, 0.2) is 5.78 Å². The first-order valence-electron chi connectivity index (χ1n) is 4.62. The SMILES string of the molecule is O=C(Cn1cc(I)cn1)c1ccc(Br)cc1. The van der Waals surface area contributed by atoms with Crippen molar-refractivity contribution in [2.75, 3.05) is 0 Å². The molecule has 0 unspecified atom stereocenters. The van der Waals surface area contributed by atoms with Gasteiger partial charge in [0.2, 0.25) is 0 Å². The van der Waals surface area contributed by atoms with Crippen LogP contribution in [0.2, 0.25) is 0 Å². The van der Waals surface area contributed by atoms with Gasteiger partial charge in [-0.05, 0) is 34.7 Å². The average Bonchev–Trinajstić information content (AvgIpc) is 2.65. The van der Waals surface area contributed by atoms with Crippen molar-refractivity contribution >= 4 is 44.3 Å². The minimum Gasteiger partial charge on any atom is -0.292 e. The van der Waals surface area contributed by atoms with Crippen molar-refractivity contribution in [3.8, 4) is 0 Å². The molecule has 3 nitrogen and oxygen atoms in total. The Bertz CT molecular complexity index is 507. The fourth-order valence-electron chi connectivity index (χ4n) is 1.30. The van der Waals surface area contributed by atoms with Crippen LogP contribution in [0.25, 0.3) is 0 Å². The van der Waals surface area contributed by atoms with E-state index in [2.05, 4.69) is 43.6 Å². The maximum Gasteiger partial charge on any atom is 0.184 e. The van der Waals surface area contributed by atoms with Crippen LogP contribution in [-0.4, -0.2) is 15.6 Å². The lowest BCUT2D eigenvalue weighted by atomic mass is 10.1. The van der Waals surface area contributed by atoms with E-state index in [4.69, 9.17) is 0 Å². The van der Waals surface area contributed by atoms with Crippen LogP contribution in [0, 0.1) is 3.57 Å². The van der Waals surface area contributed by atoms with Crippen molar-refractivity contribution in [1.82, 2.24) is 9.78 Å². The van der Waals surface area contributed by atoms with Crippen LogP contribution in [0.4, 0.5) is 0 Å². The van der Waals surface area contributed by atoms with Crippen molar-refractivity contribution < 1.29 is 4.79 Å². The van der Waals surface area contributed by atoms with Gasteiger partial charge >= 0.3 is 0 Å². The molecule has 0 atom stereocenters. The van der Waals surface area contributed by atoms with Crippen LogP contribution in [-0.2, 0) is 6.54 Å². The van der Waals surface area contributed by atoms with E-state index in [0.717, 1.165) is 8.04 Å². The van der Waals surface area contributed by atoms with Gasteiger partial charge in [-0.2, -0.15) is 5.10 Å². The minimum atomic E-state index is 0.0620. The predicted octanol–water partition coefficient (Wildman–Crippen LogP) is 3.13. The Hall–Kier alpha value is -0.690. The quantitative estimate of drug-likeness (QED) is 0.596. The zero-order valence-corrected chi connectivity index (χ0v) is 12.0. The molecule has 1 aromatic carbocycles. The first-order valence-corrected chi connectivity index (χ1v) is 6.49. The molecule has 0 fully saturated rings. The lowest BCUT2D eigenvalue weighted by Gasteiger charge is -2.01. The molecule has 2 rings (SSSR count). The number of carbonyl (C=O) groups excluding carboxylic acids is 1. The van der Waals surface area contributed by atoms with Gasteiger partial charge in [-0.25, -0.2) is 0 Å². The molecule has 0 amide bonds. The van der Waals surface area contributed by atoms with E-state index < -0.39 is 0 Å². The molecular weight excluding hydrogens is 383 g/mol. The van der Waals surface area contributed by atoms with Gasteiger partial charge in [-0.15, -0.1) is 0 Å². The molecule has 0 saturated heterocycles. The topological polar surface area (TPSA) is 34.9 Å². The van der Waals surface area contributed by atoms with Crippen molar-refractivity contribution in [2.45, 2.75) is 6.54 Å². The largest absolute Gasteiger partial charge is 0.292 e. The van der Waals surface area contributed by atoms with E-state index in [-0.39, 0.29) is 12.3 Å². The minimum absolute atomic E-state index is 0.0620. The summed E-state index contributed by atoms with van der Waals surface area (Å²) in [6.07, 6.45) is 3.58. The highest BCUT2D eigenvalue weighted by molar-refractivity contribution is 14.1. The molecule has 0 bridgehead atoms. The number of nitrogens with zero attached hydrogens (tertiary/aromatic N) is 2. The van der Waals surface area contributed by atoms with Gasteiger partial charge in [0.1, 0.15) is 6.54 Å². The molecule has 0 saturated carbocycles. The van der Waals surface area contributed by atoms with E-state index in [1.165, 1.54) is 0 Å². The summed E-state index contributed by atoms with van der Waals surface area (Å²) in [7, 11) is 0. The van der Waals surface area contributed by atoms with Crippen LogP contribution >= 0.6 is 38.5 Å². The van der Waals surface area contributed by atoms with E-state index in [1.807, 2.05) is 18.3 Å². The number of ketones is 1. The Morgan fingerprint density at radius 1 is 1.38 bits per heavy atom. The van der Waals surface area contributed by atoms with E-state index in [0.29, 0.717) is 5.56 Å². The number of aromatic nitrogens is 2. The average molecular weight is 391 g/mol. The molecule has 0 aliphatic rings. The first-order chi connectivity index (χ1) is 7.65. The van der Waals surface area contributed by atoms with E-state index >= 15 is 0 Å². The second-order valence-corrected chi connectivity index (χ2v) is 5.45. The molecule has 82 valence electrons. The molecule has 0 aliphatic heterocycles. The summed E-state index contributed by atoms with van der Waals surface area (Å²) >= 11 is 5.50. The second-order valence-electron chi connectivity index (χ2n) is 3.29. The van der Waals surface area contributed by atoms with Gasteiger partial charge < -0.3 is 0 Å². The number of rotatable bonds is 3. The number of benzene rings is 1. The Labute approximate surface area is 115 Å². The monoisotopic (exact) mass is 390 g/mol. The lowest BCUT2D eigenvalue weighted by Crippen LogP contribution is -2.10. The Kier molecular flexibility index (Phi) is 3.75. The number of hydrogen-bond donors (Lipinski definition) is 0. The van der Waals surface area contributed by atoms with Crippen LogP contribution in [0.3, 0.4) is 0 Å². The van der Waals surface area contributed by atoms with Crippen LogP contribution < -0.4 is 0 Å². The van der Waals surface area contributed by atoms with Crippen molar-refractivity contribution in [1.29, 1.82) is 0 Å². The molecule has 0 spiro atoms. The highest BCUT2D eigenvalue weighted by Gasteiger charge is 2.07. The molecule has 0 aliphatic carbocycles. The fraction of sp³-hybridized carbons (Fsp3) is 0.0909. The van der Waals surface area contributed by atoms with Crippen molar-refractivity contribution in [2.24, 2.45) is 0 Å². The van der Waals surface area contributed by atoms with Crippen molar-refractivity contribution in [3.63, 3.8) is 0 Å². The maximum atomic E-state index is 11.9. The second kappa shape index (κ2) is 5.09. The fourth-order valence-corrected chi connectivity index (χ4v) is 2.01. The van der Waals surface area contributed by atoms with Gasteiger partial charge in [-0.1, -0.05) is 28.1 Å². The van der Waals surface area contributed by atoms with Crippen LogP contribution in [0.15, 0.2) is 41.1 Å². The smallest absolute Gasteiger partial charge is 0.184 e. The standard InChI is InChI=1S/C11H8BrIN2O/c12-9-3-1-8(2-4-9)11(16)7-15-6-10(13)5-14-15/h1-6H,7H2. The molecule has 1 aromatic heterocycles. The summed E-state index contributed by atoms with van der Waals surface area (Å²) in [4.78, 5) is 11.9. The first kappa shape index (κ1) is 11.8. The lowest BCUT2D eigenvalue weighted by molar-refractivity contribution is 0.0967. The normalized spacial score (nSPS) is 10.4. The van der Waals surface area contributed by atoms with Gasteiger partial charge in [0, 0.05) is 16.2 Å². The zero-order valence-electron chi connectivity index (χ0n) is 8.23. The van der Waals surface area contributed by atoms with Gasteiger partial charge in [-0.3, -0.25) is 9.48 Å². The molecule has 2 aromatic rings. The summed E-state index contributed by atoms with van der Waals surface area (Å²) in [5, 5.41) is 4.08. The summed E-state index contributed by atoms with van der Waals surface area (Å²) in [6, 6.07) is 7.34. The summed E-state index contributed by atoms with van der Waals surface area (Å²) in [5.74, 6) is 0.0620. The van der Waals surface area contributed by atoms with Gasteiger partial charge in [0.05, 0.1) is 9.77 Å². The van der Waals surface area contributed by atoms with Crippen LogP contribution in [0.5, 0.6) is 0 Å². The maximum absolute atomic E-state index is 11.9. The Morgan fingerprint density at radius 3 is 2.62 bits per heavy atom. The number of carbonyl (C=O) groups is 1. The highest BCUT2D eigenvalue weighted by Crippen LogP contribution is 2.11. The third kappa shape index (κ3) is 2.91. The Balaban J connectivity index is 2.11. The summed E-state index contributed by atoms with van der Waals surface area (Å²) < 4.78 is 3.64. The number of Topliss-reactive ketones (excluding diaryl/α,β-unsaturated/α-hetero) is 1. The molecule has 16 heavy (non-hydrogen) atoms. The predicted molar refractivity (Wildman–Crippen MR) is 73.4 cm³/mol. The number of hydrogen-bond acceptors (Lipinski definition) is 2. The van der Waals surface area contributed by atoms with E-state index in [9.17, 15) is 4.79 Å². The third-order valence-electron chi connectivity index (χ3n) is 2.07. The number of halogens is 2. The van der Waals surface area contributed by atoms with E-state index in [1.54, 1.807) is 23.0 Å². The van der Waals surface area contributed by atoms with Gasteiger partial charge in [0.25, 0.3) is 0 Å². The molecule has 5 heteroatoms. The molecule has 0 N–H and O–H groups in total. The van der Waals surface area contributed by atoms with Crippen LogP contribution in [0.1, 0.15) is 10.4 Å². The Morgan fingerprint density at radius 2 is 2.06 bits per heavy atom. The summed E-state index contributed by atoms with van der Waals surface area (Å²) in [6.45, 7) is 0.282. The molecule has 1 heterocycles. The summed E-state index contributed by atoms with van der Waals surface area (Å²) in [5.41, 5.74) is 0.703. The third-order valence-corrected chi connectivity index (χ3v) is 3.16. The highest BCUT2D eigenvalue weighted by atomic mass is 127.